The van der Waals surface area contributed by atoms with Crippen LogP contribution in [0.2, 0.25) is 10.0 Å². The molecule has 3 aromatic carbocycles. The zero-order valence-electron chi connectivity index (χ0n) is 19.1. The Labute approximate surface area is 217 Å². The number of fused-ring (bicyclic) bond motifs is 7. The number of nitrogens with zero attached hydrogens (tertiary/aromatic N) is 1. The topological polar surface area (TPSA) is 78.5 Å². The first-order valence-electron chi connectivity index (χ1n) is 12.0. The number of carbonyl (C=O) groups is 3. The molecule has 3 aromatic rings. The Bertz CT molecular complexity index is 1430. The second kappa shape index (κ2) is 7.42. The van der Waals surface area contributed by atoms with Gasteiger partial charge in [-0.2, -0.15) is 0 Å². The van der Waals surface area contributed by atoms with Gasteiger partial charge in [0.25, 0.3) is 0 Å². The quantitative estimate of drug-likeness (QED) is 0.468. The van der Waals surface area contributed by atoms with Crippen molar-refractivity contribution in [1.82, 2.24) is 4.90 Å². The lowest BCUT2D eigenvalue weighted by atomic mass is 9.60. The first-order chi connectivity index (χ1) is 17.4. The van der Waals surface area contributed by atoms with Crippen LogP contribution in [0.3, 0.4) is 0 Å². The maximum Gasteiger partial charge on any atom is 0.250 e. The van der Waals surface area contributed by atoms with Crippen LogP contribution in [0.25, 0.3) is 0 Å². The number of halogens is 2. The molecule has 4 heterocycles. The molecule has 2 N–H and O–H groups in total. The summed E-state index contributed by atoms with van der Waals surface area (Å²) in [4.78, 5) is 45.2. The van der Waals surface area contributed by atoms with Crippen molar-refractivity contribution in [2.24, 2.45) is 5.92 Å². The molecule has 8 heteroatoms. The van der Waals surface area contributed by atoms with Crippen molar-refractivity contribution in [3.8, 4) is 0 Å². The smallest absolute Gasteiger partial charge is 0.250 e. The molecule has 36 heavy (non-hydrogen) atoms. The van der Waals surface area contributed by atoms with Gasteiger partial charge in [-0.3, -0.25) is 19.3 Å². The summed E-state index contributed by atoms with van der Waals surface area (Å²) in [5, 5.41) is 6.67. The third-order valence-electron chi connectivity index (χ3n) is 8.49. The molecule has 4 aliphatic rings. The van der Waals surface area contributed by atoms with Crippen molar-refractivity contribution in [1.29, 1.82) is 0 Å². The Morgan fingerprint density at radius 1 is 0.889 bits per heavy atom. The van der Waals surface area contributed by atoms with Gasteiger partial charge in [-0.15, -0.1) is 0 Å². The van der Waals surface area contributed by atoms with Crippen molar-refractivity contribution < 1.29 is 14.4 Å². The van der Waals surface area contributed by atoms with E-state index >= 15 is 0 Å². The minimum atomic E-state index is -1.35. The number of hydrogen-bond acceptors (Lipinski definition) is 4. The van der Waals surface area contributed by atoms with Gasteiger partial charge in [-0.05, 0) is 55.3 Å². The Morgan fingerprint density at radius 2 is 1.56 bits per heavy atom. The number of ketones is 1. The van der Waals surface area contributed by atoms with E-state index in [1.54, 1.807) is 12.1 Å². The summed E-state index contributed by atoms with van der Waals surface area (Å²) >= 11 is 12.7. The summed E-state index contributed by atoms with van der Waals surface area (Å²) in [6.45, 7) is 0.599. The zero-order chi connectivity index (χ0) is 24.8. The van der Waals surface area contributed by atoms with E-state index in [4.69, 9.17) is 23.2 Å². The van der Waals surface area contributed by atoms with E-state index in [0.29, 0.717) is 29.4 Å². The lowest BCUT2D eigenvalue weighted by Crippen LogP contribution is -2.55. The van der Waals surface area contributed by atoms with Crippen LogP contribution in [0.4, 0.5) is 11.4 Å². The van der Waals surface area contributed by atoms with E-state index in [1.807, 2.05) is 48.5 Å². The van der Waals surface area contributed by atoms with Crippen LogP contribution in [-0.2, 0) is 20.5 Å². The highest BCUT2D eigenvalue weighted by Crippen LogP contribution is 2.66. The first-order valence-corrected chi connectivity index (χ1v) is 12.7. The summed E-state index contributed by atoms with van der Waals surface area (Å²) in [5.74, 6) is -1.92. The maximum absolute atomic E-state index is 14.7. The van der Waals surface area contributed by atoms with Gasteiger partial charge in [0.2, 0.25) is 11.8 Å². The minimum absolute atomic E-state index is 0.197. The first kappa shape index (κ1) is 22.0. The van der Waals surface area contributed by atoms with Crippen LogP contribution in [0.1, 0.15) is 34.3 Å². The third-order valence-corrected chi connectivity index (χ3v) is 9.04. The van der Waals surface area contributed by atoms with Gasteiger partial charge in [0, 0.05) is 33.6 Å². The molecule has 0 radical (unpaired) electrons. The molecule has 7 rings (SSSR count). The van der Waals surface area contributed by atoms with Gasteiger partial charge in [0.05, 0.1) is 10.9 Å². The average molecular weight is 518 g/mol. The van der Waals surface area contributed by atoms with Gasteiger partial charge in [-0.1, -0.05) is 59.6 Å². The molecule has 2 fully saturated rings. The highest BCUT2D eigenvalue weighted by atomic mass is 35.5. The molecular formula is C28H21Cl2N3O3. The number of carbonyl (C=O) groups excluding carboxylic acids is 3. The van der Waals surface area contributed by atoms with Gasteiger partial charge >= 0.3 is 0 Å². The number of nitrogens with one attached hydrogen (secondary N) is 2. The highest BCUT2D eigenvalue weighted by Gasteiger charge is 2.78. The van der Waals surface area contributed by atoms with E-state index in [1.165, 1.54) is 6.07 Å². The molecule has 0 aromatic heterocycles. The monoisotopic (exact) mass is 517 g/mol. The lowest BCUT2D eigenvalue weighted by molar-refractivity contribution is -0.128. The van der Waals surface area contributed by atoms with Crippen LogP contribution in [-0.4, -0.2) is 35.1 Å². The number of anilines is 2. The van der Waals surface area contributed by atoms with E-state index < -0.39 is 16.9 Å². The predicted octanol–water partition coefficient (Wildman–Crippen LogP) is 5.01. The number of rotatable bonds is 2. The van der Waals surface area contributed by atoms with Crippen LogP contribution >= 0.6 is 23.2 Å². The average Bonchev–Trinajstić information content (AvgIpc) is 3.58. The molecule has 6 nitrogen and oxygen atoms in total. The van der Waals surface area contributed by atoms with Crippen molar-refractivity contribution in [2.75, 3.05) is 17.2 Å². The minimum Gasteiger partial charge on any atom is -0.325 e. The Hall–Kier alpha value is -3.19. The molecule has 2 spiro atoms. The Morgan fingerprint density at radius 3 is 2.31 bits per heavy atom. The van der Waals surface area contributed by atoms with Gasteiger partial charge < -0.3 is 10.6 Å². The van der Waals surface area contributed by atoms with E-state index in [2.05, 4.69) is 15.5 Å². The lowest BCUT2D eigenvalue weighted by Gasteiger charge is -2.38. The van der Waals surface area contributed by atoms with Crippen LogP contribution < -0.4 is 10.6 Å². The van der Waals surface area contributed by atoms with Gasteiger partial charge in [-0.25, -0.2) is 0 Å². The largest absolute Gasteiger partial charge is 0.325 e. The normalized spacial score (nSPS) is 29.8. The van der Waals surface area contributed by atoms with E-state index in [0.717, 1.165) is 17.5 Å². The fourth-order valence-corrected chi connectivity index (χ4v) is 7.85. The summed E-state index contributed by atoms with van der Waals surface area (Å²) in [5.41, 5.74) is 0.452. The maximum atomic E-state index is 14.7. The standard InChI is InChI=1S/C28H21Cl2N3O3/c29-15-11-12-16(19(30)14-15)23(34)24-27(17-6-1-3-8-20(17)31-25(27)35)22-10-5-13-33(22)28(24)18-7-2-4-9-21(18)32-26(28)36/h1-4,6-9,11-12,14,22,24H,5,10,13H2,(H,31,35)(H,32,36). The molecule has 180 valence electrons. The number of para-hydroxylation sites is 2. The molecule has 4 aliphatic heterocycles. The van der Waals surface area contributed by atoms with Crippen molar-refractivity contribution in [2.45, 2.75) is 29.8 Å². The second-order valence-corrected chi connectivity index (χ2v) is 10.8. The van der Waals surface area contributed by atoms with Gasteiger partial charge in [0.1, 0.15) is 11.0 Å². The number of amides is 2. The van der Waals surface area contributed by atoms with Crippen molar-refractivity contribution in [3.63, 3.8) is 0 Å². The van der Waals surface area contributed by atoms with Crippen molar-refractivity contribution >= 4 is 52.2 Å². The third kappa shape index (κ3) is 2.45. The zero-order valence-corrected chi connectivity index (χ0v) is 20.6. The fraction of sp³-hybridized carbons (Fsp3) is 0.250. The number of hydrogen-bond donors (Lipinski definition) is 2. The van der Waals surface area contributed by atoms with Crippen molar-refractivity contribution in [3.05, 3.63) is 93.5 Å². The molecule has 0 bridgehead atoms. The van der Waals surface area contributed by atoms with E-state index in [-0.39, 0.29) is 34.2 Å². The number of Topliss-reactive ketones (excluding diaryl/α,β-unsaturated/α-hetero) is 1. The summed E-state index contributed by atoms with van der Waals surface area (Å²) in [7, 11) is 0. The summed E-state index contributed by atoms with van der Waals surface area (Å²) in [6, 6.07) is 19.4. The van der Waals surface area contributed by atoms with Crippen LogP contribution in [0.5, 0.6) is 0 Å². The Balaban J connectivity index is 1.59. The predicted molar refractivity (Wildman–Crippen MR) is 138 cm³/mol. The highest BCUT2D eigenvalue weighted by molar-refractivity contribution is 6.37. The molecule has 4 atom stereocenters. The molecule has 0 aliphatic carbocycles. The molecule has 2 saturated heterocycles. The molecule has 0 saturated carbocycles. The second-order valence-electron chi connectivity index (χ2n) is 9.91. The Kier molecular flexibility index (Phi) is 4.54. The van der Waals surface area contributed by atoms with E-state index in [9.17, 15) is 14.4 Å². The summed E-state index contributed by atoms with van der Waals surface area (Å²) < 4.78 is 0. The summed E-state index contributed by atoms with van der Waals surface area (Å²) in [6.07, 6.45) is 1.51. The van der Waals surface area contributed by atoms with Crippen LogP contribution in [0.15, 0.2) is 66.7 Å². The molecule has 4 unspecified atom stereocenters. The van der Waals surface area contributed by atoms with Gasteiger partial charge in [0.15, 0.2) is 5.78 Å². The SMILES string of the molecule is O=C(c1ccc(Cl)cc1Cl)C1C2(C(=O)Nc3ccccc32)C2CCCN2C12C(=O)Nc1ccccc12. The fourth-order valence-electron chi connectivity index (χ4n) is 7.35. The number of benzene rings is 3. The van der Waals surface area contributed by atoms with Crippen LogP contribution in [0, 0.1) is 5.92 Å². The molecule has 2 amide bonds. The molecular weight excluding hydrogens is 497 g/mol.